The number of nitrogens with zero attached hydrogens (tertiary/aromatic N) is 5. The summed E-state index contributed by atoms with van der Waals surface area (Å²) >= 11 is 1.38. The van der Waals surface area contributed by atoms with Gasteiger partial charge >= 0.3 is 0 Å². The van der Waals surface area contributed by atoms with E-state index in [1.54, 1.807) is 31.6 Å². The maximum atomic E-state index is 12.5. The fourth-order valence-electron chi connectivity index (χ4n) is 1.86. The first-order chi connectivity index (χ1) is 11.1. The summed E-state index contributed by atoms with van der Waals surface area (Å²) in [5, 5.41) is 7.23. The molecule has 0 fully saturated rings. The van der Waals surface area contributed by atoms with Crippen molar-refractivity contribution in [3.63, 3.8) is 0 Å². The number of hydrogen-bond donors (Lipinski definition) is 2. The van der Waals surface area contributed by atoms with Gasteiger partial charge in [-0.2, -0.15) is 0 Å². The van der Waals surface area contributed by atoms with Crippen LogP contribution >= 0.6 is 11.3 Å². The van der Waals surface area contributed by atoms with Gasteiger partial charge in [-0.15, -0.1) is 11.3 Å². The van der Waals surface area contributed by atoms with Crippen molar-refractivity contribution in [2.24, 2.45) is 0 Å². The highest BCUT2D eigenvalue weighted by atomic mass is 32.1. The largest absolute Gasteiger partial charge is 0.343 e. The molecule has 3 rings (SSSR count). The molecule has 0 aliphatic rings. The molecule has 3 aromatic rings. The van der Waals surface area contributed by atoms with Gasteiger partial charge in [0, 0.05) is 6.20 Å². The highest BCUT2D eigenvalue weighted by Crippen LogP contribution is 2.27. The van der Waals surface area contributed by atoms with E-state index in [2.05, 4.69) is 35.6 Å². The van der Waals surface area contributed by atoms with Crippen molar-refractivity contribution < 1.29 is 4.79 Å². The summed E-state index contributed by atoms with van der Waals surface area (Å²) in [4.78, 5) is 32.7. The van der Waals surface area contributed by atoms with E-state index in [0.29, 0.717) is 28.0 Å². The molecule has 0 saturated heterocycles. The first-order valence-electron chi connectivity index (χ1n) is 6.72. The summed E-state index contributed by atoms with van der Waals surface area (Å²) in [7, 11) is 0. The molecule has 9 heteroatoms. The minimum atomic E-state index is -0.341. The van der Waals surface area contributed by atoms with Gasteiger partial charge in [-0.05, 0) is 19.9 Å². The van der Waals surface area contributed by atoms with Crippen molar-refractivity contribution in [3.05, 3.63) is 47.5 Å². The topological polar surface area (TPSA) is 106 Å². The molecule has 23 heavy (non-hydrogen) atoms. The maximum Gasteiger partial charge on any atom is 0.278 e. The summed E-state index contributed by atoms with van der Waals surface area (Å²) < 4.78 is 0. The Balaban J connectivity index is 1.83. The average molecular weight is 327 g/mol. The molecule has 0 aliphatic carbocycles. The SMILES string of the molecule is Cc1nccc(NC(=O)c2nc(C)sc2Nc2cncnc2)n1. The Morgan fingerprint density at radius 1 is 1.17 bits per heavy atom. The predicted molar refractivity (Wildman–Crippen MR) is 86.9 cm³/mol. The number of nitrogens with one attached hydrogen (secondary N) is 2. The van der Waals surface area contributed by atoms with Crippen LogP contribution in [0, 0.1) is 13.8 Å². The van der Waals surface area contributed by atoms with Crippen molar-refractivity contribution in [2.45, 2.75) is 13.8 Å². The Morgan fingerprint density at radius 2 is 1.96 bits per heavy atom. The average Bonchev–Trinajstić information content (AvgIpc) is 2.89. The smallest absolute Gasteiger partial charge is 0.278 e. The first kappa shape index (κ1) is 15.0. The number of aromatic nitrogens is 5. The summed E-state index contributed by atoms with van der Waals surface area (Å²) in [5.74, 6) is 0.672. The Bertz CT molecular complexity index is 834. The van der Waals surface area contributed by atoms with E-state index in [4.69, 9.17) is 0 Å². The molecule has 0 aliphatic heterocycles. The third kappa shape index (κ3) is 3.64. The van der Waals surface area contributed by atoms with Gasteiger partial charge in [-0.3, -0.25) is 4.79 Å². The number of aryl methyl sites for hydroxylation is 2. The number of hydrogen-bond acceptors (Lipinski definition) is 8. The molecule has 8 nitrogen and oxygen atoms in total. The van der Waals surface area contributed by atoms with Crippen molar-refractivity contribution in [2.75, 3.05) is 10.6 Å². The summed E-state index contributed by atoms with van der Waals surface area (Å²) in [5.41, 5.74) is 0.982. The minimum Gasteiger partial charge on any atom is -0.343 e. The van der Waals surface area contributed by atoms with Crippen LogP contribution in [0.25, 0.3) is 0 Å². The quantitative estimate of drug-likeness (QED) is 0.757. The third-order valence-electron chi connectivity index (χ3n) is 2.79. The molecule has 1 amide bonds. The zero-order valence-electron chi connectivity index (χ0n) is 12.4. The zero-order chi connectivity index (χ0) is 16.2. The molecule has 116 valence electrons. The molecule has 0 unspecified atom stereocenters. The van der Waals surface area contributed by atoms with Gasteiger partial charge in [0.1, 0.15) is 23.0 Å². The van der Waals surface area contributed by atoms with Crippen LogP contribution < -0.4 is 10.6 Å². The van der Waals surface area contributed by atoms with E-state index in [9.17, 15) is 4.79 Å². The number of carbonyl (C=O) groups is 1. The van der Waals surface area contributed by atoms with Crippen LogP contribution in [-0.4, -0.2) is 30.8 Å². The lowest BCUT2D eigenvalue weighted by Crippen LogP contribution is -2.15. The van der Waals surface area contributed by atoms with Gasteiger partial charge in [0.25, 0.3) is 5.91 Å². The number of anilines is 3. The van der Waals surface area contributed by atoms with Crippen LogP contribution in [0.3, 0.4) is 0 Å². The van der Waals surface area contributed by atoms with Crippen LogP contribution in [0.4, 0.5) is 16.5 Å². The predicted octanol–water partition coefficient (Wildman–Crippen LogP) is 2.34. The van der Waals surface area contributed by atoms with Crippen molar-refractivity contribution in [1.29, 1.82) is 0 Å². The number of thiazole rings is 1. The molecule has 2 N–H and O–H groups in total. The lowest BCUT2D eigenvalue weighted by atomic mass is 10.4. The summed E-state index contributed by atoms with van der Waals surface area (Å²) in [6.45, 7) is 3.59. The van der Waals surface area contributed by atoms with Gasteiger partial charge in [-0.1, -0.05) is 0 Å². The summed E-state index contributed by atoms with van der Waals surface area (Å²) in [6.07, 6.45) is 6.27. The fraction of sp³-hybridized carbons (Fsp3) is 0.143. The third-order valence-corrected chi connectivity index (χ3v) is 3.67. The number of rotatable bonds is 4. The highest BCUT2D eigenvalue weighted by molar-refractivity contribution is 7.16. The highest BCUT2D eigenvalue weighted by Gasteiger charge is 2.18. The molecule has 0 bridgehead atoms. The zero-order valence-corrected chi connectivity index (χ0v) is 13.3. The van der Waals surface area contributed by atoms with E-state index < -0.39 is 0 Å². The second-order valence-electron chi connectivity index (χ2n) is 4.61. The molecule has 3 heterocycles. The maximum absolute atomic E-state index is 12.5. The van der Waals surface area contributed by atoms with E-state index in [0.717, 1.165) is 5.01 Å². The Hall–Kier alpha value is -2.94. The first-order valence-corrected chi connectivity index (χ1v) is 7.54. The van der Waals surface area contributed by atoms with Crippen molar-refractivity contribution in [3.8, 4) is 0 Å². The van der Waals surface area contributed by atoms with Crippen molar-refractivity contribution >= 4 is 33.8 Å². The van der Waals surface area contributed by atoms with Crippen LogP contribution in [0.15, 0.2) is 31.0 Å². The van der Waals surface area contributed by atoms with E-state index in [1.165, 1.54) is 17.7 Å². The Kier molecular flexibility index (Phi) is 4.20. The second-order valence-corrected chi connectivity index (χ2v) is 5.81. The molecule has 0 saturated carbocycles. The minimum absolute atomic E-state index is 0.299. The lowest BCUT2D eigenvalue weighted by Gasteiger charge is -2.06. The lowest BCUT2D eigenvalue weighted by molar-refractivity contribution is 0.102. The Labute approximate surface area is 136 Å². The van der Waals surface area contributed by atoms with Crippen LogP contribution in [0.1, 0.15) is 21.3 Å². The van der Waals surface area contributed by atoms with Crippen molar-refractivity contribution in [1.82, 2.24) is 24.9 Å². The Morgan fingerprint density at radius 3 is 2.70 bits per heavy atom. The standard InChI is InChI=1S/C14H13N7OS/c1-8-17-4-3-11(18-8)21-13(22)12-14(23-9(2)19-12)20-10-5-15-7-16-6-10/h3-7,20H,1-2H3,(H,17,18,21,22). The van der Waals surface area contributed by atoms with Gasteiger partial charge in [-0.25, -0.2) is 24.9 Å². The van der Waals surface area contributed by atoms with E-state index >= 15 is 0 Å². The molecule has 0 spiro atoms. The monoisotopic (exact) mass is 327 g/mol. The van der Waals surface area contributed by atoms with Crippen LogP contribution in [0.5, 0.6) is 0 Å². The molecular formula is C14H13N7OS. The van der Waals surface area contributed by atoms with Gasteiger partial charge in [0.05, 0.1) is 23.1 Å². The molecule has 0 aromatic carbocycles. The summed E-state index contributed by atoms with van der Waals surface area (Å²) in [6, 6.07) is 1.63. The molecular weight excluding hydrogens is 314 g/mol. The van der Waals surface area contributed by atoms with E-state index in [-0.39, 0.29) is 5.91 Å². The van der Waals surface area contributed by atoms with Crippen LogP contribution in [0.2, 0.25) is 0 Å². The number of carbonyl (C=O) groups excluding carboxylic acids is 1. The van der Waals surface area contributed by atoms with Crippen LogP contribution in [-0.2, 0) is 0 Å². The van der Waals surface area contributed by atoms with Gasteiger partial charge in [0.2, 0.25) is 0 Å². The molecule has 0 radical (unpaired) electrons. The van der Waals surface area contributed by atoms with Gasteiger partial charge in [0.15, 0.2) is 5.69 Å². The number of amides is 1. The van der Waals surface area contributed by atoms with E-state index in [1.807, 2.05) is 6.92 Å². The second kappa shape index (κ2) is 6.44. The normalized spacial score (nSPS) is 10.3. The molecule has 0 atom stereocenters. The van der Waals surface area contributed by atoms with Gasteiger partial charge < -0.3 is 10.6 Å². The fourth-order valence-corrected chi connectivity index (χ4v) is 2.70. The molecule has 3 aromatic heterocycles.